The molecule has 2 unspecified atom stereocenters. The summed E-state index contributed by atoms with van der Waals surface area (Å²) in [6, 6.07) is 5.74. The van der Waals surface area contributed by atoms with Crippen LogP contribution in [0.1, 0.15) is 116 Å². The van der Waals surface area contributed by atoms with Crippen LogP contribution >= 0.6 is 0 Å². The van der Waals surface area contributed by atoms with Crippen molar-refractivity contribution < 1.29 is 77.2 Å². The van der Waals surface area contributed by atoms with Gasteiger partial charge >= 0.3 is 5.97 Å². The van der Waals surface area contributed by atoms with Crippen LogP contribution in [0.4, 0.5) is 0 Å². The summed E-state index contributed by atoms with van der Waals surface area (Å²) in [7, 11) is 0. The van der Waals surface area contributed by atoms with E-state index in [1.165, 1.54) is 30.3 Å². The molecular weight excluding hydrogens is 772 g/mol. The number of benzene rings is 2. The molecule has 2 aromatic rings. The smallest absolute Gasteiger partial charge is 0.306 e. The number of rotatable bonds is 9. The van der Waals surface area contributed by atoms with Crippen LogP contribution in [0.2, 0.25) is 0 Å². The Labute approximate surface area is 339 Å². The summed E-state index contributed by atoms with van der Waals surface area (Å²) in [6.07, 6.45) is -3.78. The van der Waals surface area contributed by atoms with E-state index >= 15 is 0 Å². The van der Waals surface area contributed by atoms with Crippen LogP contribution in [0, 0.1) is 0 Å². The number of phenols is 2. The number of carbonyl (C=O) groups excluding carboxylic acids is 4. The molecule has 1 aliphatic carbocycles. The van der Waals surface area contributed by atoms with Crippen molar-refractivity contribution in [3.05, 3.63) is 69.8 Å². The third kappa shape index (κ3) is 7.88. The van der Waals surface area contributed by atoms with Crippen LogP contribution in [-0.4, -0.2) is 118 Å². The van der Waals surface area contributed by atoms with E-state index in [2.05, 4.69) is 0 Å². The van der Waals surface area contributed by atoms with E-state index in [1.807, 2.05) is 0 Å². The Kier molecular flexibility index (Phi) is 11.1. The molecule has 16 heteroatoms. The lowest BCUT2D eigenvalue weighted by atomic mass is 9.79. The van der Waals surface area contributed by atoms with Gasteiger partial charge in [0.25, 0.3) is 0 Å². The standard InChI is InChI=1S/C43H48O16/c1-18-26(44)10-12-33(53-18)56-28-11-13-34(54-20(28)3)59-43(5,17-32(46)47)16-22-6-7-24-35(37(22)48)39(50)25-9-8-23(38(49)36(25)40(24)51)29-15-30-41(21(4)52-29)57-31-14-27(45)19(2)55-42(31)58-30/h6-10,12,18-21,28-31,33-34,41-42,48-49H,11,13-17H2,1-5H3,(H,46,47)/t18-,19+,20-,21+,28-,29-,30+,31?,33-,34-,41-,42?,43+/m0/s1. The van der Waals surface area contributed by atoms with E-state index in [9.17, 15) is 39.3 Å². The Balaban J connectivity index is 0.978. The van der Waals surface area contributed by atoms with Gasteiger partial charge in [-0.1, -0.05) is 12.1 Å². The summed E-state index contributed by atoms with van der Waals surface area (Å²) in [4.78, 5) is 64.3. The zero-order valence-corrected chi connectivity index (χ0v) is 33.3. The molecule has 8 rings (SSSR count). The van der Waals surface area contributed by atoms with E-state index in [0.29, 0.717) is 12.8 Å². The lowest BCUT2D eigenvalue weighted by Crippen LogP contribution is -2.60. The summed E-state index contributed by atoms with van der Waals surface area (Å²) in [5.74, 6) is -3.72. The number of aromatic hydroxyl groups is 2. The molecule has 0 aromatic heterocycles. The molecule has 4 saturated heterocycles. The summed E-state index contributed by atoms with van der Waals surface area (Å²) in [6.45, 7) is 8.45. The highest BCUT2D eigenvalue weighted by molar-refractivity contribution is 6.30. The minimum absolute atomic E-state index is 0.0771. The zero-order valence-electron chi connectivity index (χ0n) is 33.3. The van der Waals surface area contributed by atoms with E-state index in [4.69, 9.17) is 37.9 Å². The number of ether oxygens (including phenoxy) is 8. The molecule has 316 valence electrons. The van der Waals surface area contributed by atoms with Crippen molar-refractivity contribution in [2.75, 3.05) is 0 Å². The fourth-order valence-electron chi connectivity index (χ4n) is 9.01. The van der Waals surface area contributed by atoms with Gasteiger partial charge in [0.1, 0.15) is 35.9 Å². The third-order valence-electron chi connectivity index (χ3n) is 12.1. The summed E-state index contributed by atoms with van der Waals surface area (Å²) >= 11 is 0. The largest absolute Gasteiger partial charge is 0.507 e. The quantitative estimate of drug-likeness (QED) is 0.276. The second-order valence-corrected chi connectivity index (χ2v) is 16.5. The normalized spacial score (nSPS) is 35.3. The Morgan fingerprint density at radius 1 is 0.814 bits per heavy atom. The number of carboxylic acid groups (broad SMARTS) is 1. The van der Waals surface area contributed by atoms with Gasteiger partial charge in [-0.2, -0.15) is 0 Å². The van der Waals surface area contributed by atoms with Gasteiger partial charge < -0.3 is 53.2 Å². The average Bonchev–Trinajstić information content (AvgIpc) is 3.16. The lowest BCUT2D eigenvalue weighted by Gasteiger charge is -2.49. The molecule has 4 fully saturated rings. The summed E-state index contributed by atoms with van der Waals surface area (Å²) < 4.78 is 48.6. The topological polar surface area (TPSA) is 220 Å². The van der Waals surface area contributed by atoms with Crippen LogP contribution in [0.15, 0.2) is 36.4 Å². The molecule has 59 heavy (non-hydrogen) atoms. The SMILES string of the molecule is C[C@@H]1O[C@@H](O[C@H]2CC[C@H](O[C@@](C)(CC(=O)O)Cc3ccc4c(c3O)C(=O)c3ccc([C@@H]5C[C@H]6OC7O[C@H](C)C(=O)CC7O[C@H]6[C@@H](C)O5)c(O)c3C4=O)O[C@H]2C)C=CC1=O. The van der Waals surface area contributed by atoms with Gasteiger partial charge in [0.05, 0.1) is 53.7 Å². The van der Waals surface area contributed by atoms with Crippen LogP contribution in [0.25, 0.3) is 0 Å². The number of ketones is 4. The highest BCUT2D eigenvalue weighted by Gasteiger charge is 2.51. The zero-order chi connectivity index (χ0) is 42.1. The molecule has 6 aliphatic rings. The second kappa shape index (κ2) is 15.9. The van der Waals surface area contributed by atoms with E-state index in [1.54, 1.807) is 40.7 Å². The van der Waals surface area contributed by atoms with Crippen LogP contribution in [0.3, 0.4) is 0 Å². The lowest BCUT2D eigenvalue weighted by molar-refractivity contribution is -0.346. The second-order valence-electron chi connectivity index (χ2n) is 16.5. The predicted octanol–water partition coefficient (Wildman–Crippen LogP) is 4.15. The van der Waals surface area contributed by atoms with Gasteiger partial charge in [0.2, 0.25) is 0 Å². The Hall–Kier alpha value is -4.39. The Morgan fingerprint density at radius 2 is 1.53 bits per heavy atom. The van der Waals surface area contributed by atoms with Gasteiger partial charge in [0, 0.05) is 42.4 Å². The van der Waals surface area contributed by atoms with Gasteiger partial charge in [-0.05, 0) is 70.9 Å². The molecule has 0 radical (unpaired) electrons. The van der Waals surface area contributed by atoms with Crippen molar-refractivity contribution >= 4 is 29.1 Å². The van der Waals surface area contributed by atoms with Crippen LogP contribution in [0.5, 0.6) is 11.5 Å². The number of carbonyl (C=O) groups is 5. The number of carboxylic acids is 1. The summed E-state index contributed by atoms with van der Waals surface area (Å²) in [5.41, 5.74) is -1.74. The van der Waals surface area contributed by atoms with Crippen molar-refractivity contribution in [3.8, 4) is 11.5 Å². The molecule has 16 nitrogen and oxygen atoms in total. The first kappa shape index (κ1) is 41.3. The minimum Gasteiger partial charge on any atom is -0.507 e. The number of phenolic OH excluding ortho intramolecular Hbond substituents is 2. The van der Waals surface area contributed by atoms with E-state index in [-0.39, 0.29) is 64.2 Å². The molecular formula is C43H48O16. The van der Waals surface area contributed by atoms with Crippen LogP contribution < -0.4 is 0 Å². The first-order valence-corrected chi connectivity index (χ1v) is 20.0. The monoisotopic (exact) mass is 820 g/mol. The molecule has 0 saturated carbocycles. The minimum atomic E-state index is -1.43. The highest BCUT2D eigenvalue weighted by atomic mass is 16.7. The van der Waals surface area contributed by atoms with Crippen molar-refractivity contribution in [2.45, 2.75) is 153 Å². The Bertz CT molecular complexity index is 2090. The fraction of sp³-hybridized carbons (Fsp3) is 0.558. The van der Waals surface area contributed by atoms with E-state index in [0.717, 1.165) is 0 Å². The van der Waals surface area contributed by atoms with Crippen molar-refractivity contribution in [1.29, 1.82) is 0 Å². The number of fused-ring (bicyclic) bond motifs is 4. The van der Waals surface area contributed by atoms with Crippen molar-refractivity contribution in [1.82, 2.24) is 0 Å². The molecule has 0 amide bonds. The molecule has 0 bridgehead atoms. The molecule has 3 N–H and O–H groups in total. The van der Waals surface area contributed by atoms with Crippen molar-refractivity contribution in [2.24, 2.45) is 0 Å². The number of Topliss-reactive ketones (excluding diaryl/α,β-unsaturated/α-hetero) is 1. The highest BCUT2D eigenvalue weighted by Crippen LogP contribution is 2.46. The maximum Gasteiger partial charge on any atom is 0.306 e. The first-order valence-electron chi connectivity index (χ1n) is 20.0. The predicted molar refractivity (Wildman–Crippen MR) is 201 cm³/mol. The summed E-state index contributed by atoms with van der Waals surface area (Å²) in [5, 5.41) is 33.1. The first-order chi connectivity index (χ1) is 28.0. The third-order valence-corrected chi connectivity index (χ3v) is 12.1. The number of hydrogen-bond acceptors (Lipinski definition) is 15. The Morgan fingerprint density at radius 3 is 2.22 bits per heavy atom. The number of aliphatic carboxylic acids is 1. The number of hydrogen-bond donors (Lipinski definition) is 3. The van der Waals surface area contributed by atoms with Crippen molar-refractivity contribution in [3.63, 3.8) is 0 Å². The molecule has 13 atom stereocenters. The maximum absolute atomic E-state index is 14.1. The van der Waals surface area contributed by atoms with Gasteiger partial charge in [-0.3, -0.25) is 24.0 Å². The van der Waals surface area contributed by atoms with E-state index < -0.39 is 115 Å². The van der Waals surface area contributed by atoms with Gasteiger partial charge in [-0.15, -0.1) is 0 Å². The van der Waals surface area contributed by atoms with Gasteiger partial charge in [-0.25, -0.2) is 0 Å². The maximum atomic E-state index is 14.1. The molecule has 2 aromatic carbocycles. The van der Waals surface area contributed by atoms with Crippen LogP contribution in [-0.2, 0) is 58.7 Å². The molecule has 0 spiro atoms. The fourth-order valence-corrected chi connectivity index (χ4v) is 9.01. The average molecular weight is 821 g/mol. The van der Waals surface area contributed by atoms with Gasteiger partial charge in [0.15, 0.2) is 42.0 Å². The molecule has 5 heterocycles. The molecule has 5 aliphatic heterocycles.